The molecular weight excluding hydrogens is 350 g/mol. The highest BCUT2D eigenvalue weighted by Gasteiger charge is 2.24. The first-order valence-corrected chi connectivity index (χ1v) is 10.2. The van der Waals surface area contributed by atoms with Gasteiger partial charge in [0.05, 0.1) is 4.91 Å². The fraction of sp³-hybridized carbons (Fsp3) is 0.300. The molecule has 0 aromatic heterocycles. The van der Waals surface area contributed by atoms with Crippen LogP contribution in [0.25, 0.3) is 6.08 Å². The van der Waals surface area contributed by atoms with E-state index in [1.165, 1.54) is 5.56 Å². The van der Waals surface area contributed by atoms with E-state index in [9.17, 15) is 8.42 Å². The number of hydrogen-bond donors (Lipinski definition) is 1. The number of fused-ring (bicyclic) bond motifs is 2. The molecule has 0 radical (unpaired) electrons. The van der Waals surface area contributed by atoms with Gasteiger partial charge in [-0.25, -0.2) is 13.1 Å². The van der Waals surface area contributed by atoms with Gasteiger partial charge in [0.1, 0.15) is 13.2 Å². The summed E-state index contributed by atoms with van der Waals surface area (Å²) >= 11 is 0. The average molecular weight is 371 g/mol. The molecule has 1 atom stereocenters. The van der Waals surface area contributed by atoms with Crippen molar-refractivity contribution < 1.29 is 17.9 Å². The van der Waals surface area contributed by atoms with Crippen LogP contribution in [0.1, 0.15) is 36.1 Å². The van der Waals surface area contributed by atoms with Crippen molar-refractivity contribution in [3.05, 3.63) is 64.1 Å². The molecule has 2 aromatic rings. The highest BCUT2D eigenvalue weighted by molar-refractivity contribution is 7.93. The average Bonchev–Trinajstić information content (AvgIpc) is 2.67. The van der Waals surface area contributed by atoms with E-state index < -0.39 is 10.0 Å². The van der Waals surface area contributed by atoms with Gasteiger partial charge in [0.15, 0.2) is 11.5 Å². The Morgan fingerprint density at radius 3 is 2.62 bits per heavy atom. The molecule has 136 valence electrons. The first-order chi connectivity index (χ1) is 12.5. The van der Waals surface area contributed by atoms with E-state index in [-0.39, 0.29) is 6.04 Å². The van der Waals surface area contributed by atoms with Gasteiger partial charge in [-0.1, -0.05) is 30.3 Å². The molecule has 1 aliphatic carbocycles. The number of ether oxygens (including phenoxy) is 2. The van der Waals surface area contributed by atoms with Gasteiger partial charge in [-0.2, -0.15) is 0 Å². The quantitative estimate of drug-likeness (QED) is 0.894. The van der Waals surface area contributed by atoms with Gasteiger partial charge >= 0.3 is 0 Å². The molecule has 1 aliphatic heterocycles. The van der Waals surface area contributed by atoms with Crippen LogP contribution in [0.5, 0.6) is 11.5 Å². The van der Waals surface area contributed by atoms with Crippen molar-refractivity contribution in [3.8, 4) is 11.5 Å². The van der Waals surface area contributed by atoms with Crippen LogP contribution in [0.2, 0.25) is 0 Å². The van der Waals surface area contributed by atoms with Crippen LogP contribution in [-0.4, -0.2) is 21.6 Å². The molecule has 0 fully saturated rings. The molecule has 0 amide bonds. The minimum absolute atomic E-state index is 0.367. The molecular formula is C20H21NO4S. The minimum Gasteiger partial charge on any atom is -0.486 e. The Kier molecular flexibility index (Phi) is 4.46. The molecule has 0 saturated carbocycles. The predicted octanol–water partition coefficient (Wildman–Crippen LogP) is 3.43. The standard InChI is InChI=1S/C20H21NO4S/c1-14(16-7-9-19-20(13-16)25-11-10-24-19)21-26(22,23)18-8-6-15-4-2-3-5-17(15)12-18/h2-5,7,9,12-14,21H,6,8,10-11H2,1H3. The first-order valence-electron chi connectivity index (χ1n) is 8.73. The topological polar surface area (TPSA) is 64.6 Å². The maximum atomic E-state index is 12.8. The lowest BCUT2D eigenvalue weighted by Gasteiger charge is -2.22. The van der Waals surface area contributed by atoms with Crippen LogP contribution < -0.4 is 14.2 Å². The number of allylic oxidation sites excluding steroid dienone is 1. The van der Waals surface area contributed by atoms with Crippen molar-refractivity contribution in [2.75, 3.05) is 13.2 Å². The molecule has 0 spiro atoms. The molecule has 2 aliphatic rings. The molecule has 4 rings (SSSR count). The zero-order chi connectivity index (χ0) is 18.1. The summed E-state index contributed by atoms with van der Waals surface area (Å²) in [7, 11) is -3.56. The Morgan fingerprint density at radius 2 is 1.77 bits per heavy atom. The van der Waals surface area contributed by atoms with E-state index in [0.717, 1.165) is 17.5 Å². The summed E-state index contributed by atoms with van der Waals surface area (Å²) in [5.41, 5.74) is 3.01. The Hall–Kier alpha value is -2.31. The molecule has 1 heterocycles. The molecule has 1 N–H and O–H groups in total. The van der Waals surface area contributed by atoms with Crippen LogP contribution in [0, 0.1) is 0 Å². The Bertz CT molecular complexity index is 966. The van der Waals surface area contributed by atoms with Crippen molar-refractivity contribution in [2.45, 2.75) is 25.8 Å². The molecule has 2 aromatic carbocycles. The van der Waals surface area contributed by atoms with E-state index >= 15 is 0 Å². The van der Waals surface area contributed by atoms with E-state index in [2.05, 4.69) is 4.72 Å². The normalized spacial score (nSPS) is 17.2. The largest absolute Gasteiger partial charge is 0.486 e. The van der Waals surface area contributed by atoms with Crippen molar-refractivity contribution in [3.63, 3.8) is 0 Å². The number of aryl methyl sites for hydroxylation is 1. The monoisotopic (exact) mass is 371 g/mol. The third-order valence-electron chi connectivity index (χ3n) is 4.76. The van der Waals surface area contributed by atoms with E-state index in [0.29, 0.717) is 36.0 Å². The SMILES string of the molecule is CC(NS(=O)(=O)C1=Cc2ccccc2CC1)c1ccc2c(c1)OCCO2. The van der Waals surface area contributed by atoms with Crippen LogP contribution in [0.3, 0.4) is 0 Å². The lowest BCUT2D eigenvalue weighted by Crippen LogP contribution is -2.29. The van der Waals surface area contributed by atoms with Crippen LogP contribution >= 0.6 is 0 Å². The maximum absolute atomic E-state index is 12.8. The minimum atomic E-state index is -3.56. The maximum Gasteiger partial charge on any atom is 0.237 e. The van der Waals surface area contributed by atoms with Crippen molar-refractivity contribution >= 4 is 16.1 Å². The number of nitrogens with one attached hydrogen (secondary N) is 1. The Labute approximate surface area is 153 Å². The third kappa shape index (κ3) is 3.34. The van der Waals surface area contributed by atoms with Crippen LogP contribution in [0.15, 0.2) is 47.4 Å². The van der Waals surface area contributed by atoms with Gasteiger partial charge in [-0.3, -0.25) is 0 Å². The van der Waals surface area contributed by atoms with Crippen molar-refractivity contribution in [1.82, 2.24) is 4.72 Å². The molecule has 26 heavy (non-hydrogen) atoms. The summed E-state index contributed by atoms with van der Waals surface area (Å²) in [6, 6.07) is 13.1. The Morgan fingerprint density at radius 1 is 1.00 bits per heavy atom. The van der Waals surface area contributed by atoms with Crippen molar-refractivity contribution in [1.29, 1.82) is 0 Å². The molecule has 1 unspecified atom stereocenters. The molecule has 0 bridgehead atoms. The predicted molar refractivity (Wildman–Crippen MR) is 101 cm³/mol. The van der Waals surface area contributed by atoms with Crippen molar-refractivity contribution in [2.24, 2.45) is 0 Å². The first kappa shape index (κ1) is 17.1. The lowest BCUT2D eigenvalue weighted by molar-refractivity contribution is 0.171. The fourth-order valence-electron chi connectivity index (χ4n) is 3.32. The molecule has 5 nitrogen and oxygen atoms in total. The lowest BCUT2D eigenvalue weighted by atomic mass is 9.98. The summed E-state index contributed by atoms with van der Waals surface area (Å²) in [5.74, 6) is 1.35. The highest BCUT2D eigenvalue weighted by Crippen LogP contribution is 2.33. The number of rotatable bonds is 4. The smallest absolute Gasteiger partial charge is 0.237 e. The second-order valence-corrected chi connectivity index (χ2v) is 8.32. The van der Waals surface area contributed by atoms with Crippen LogP contribution in [0.4, 0.5) is 0 Å². The highest BCUT2D eigenvalue weighted by atomic mass is 32.2. The number of benzene rings is 2. The second kappa shape index (κ2) is 6.78. The molecule has 6 heteroatoms. The summed E-state index contributed by atoms with van der Waals surface area (Å²) in [5, 5.41) is 0. The molecule has 0 saturated heterocycles. The van der Waals surface area contributed by atoms with E-state index in [4.69, 9.17) is 9.47 Å². The summed E-state index contributed by atoms with van der Waals surface area (Å²) in [6.07, 6.45) is 3.03. The van der Waals surface area contributed by atoms with Gasteiger partial charge in [-0.15, -0.1) is 0 Å². The van der Waals surface area contributed by atoms with E-state index in [1.807, 2.05) is 49.4 Å². The van der Waals surface area contributed by atoms with E-state index in [1.54, 1.807) is 6.08 Å². The van der Waals surface area contributed by atoms with Crippen LogP contribution in [-0.2, 0) is 16.4 Å². The number of sulfonamides is 1. The van der Waals surface area contributed by atoms with Gasteiger partial charge in [0.2, 0.25) is 10.0 Å². The second-order valence-electron chi connectivity index (χ2n) is 6.56. The van der Waals surface area contributed by atoms with Gasteiger partial charge in [0, 0.05) is 6.04 Å². The summed E-state index contributed by atoms with van der Waals surface area (Å²) in [6.45, 7) is 2.87. The fourth-order valence-corrected chi connectivity index (χ4v) is 4.73. The summed E-state index contributed by atoms with van der Waals surface area (Å²) < 4.78 is 39.6. The Balaban J connectivity index is 1.55. The number of hydrogen-bond acceptors (Lipinski definition) is 4. The van der Waals surface area contributed by atoms with Gasteiger partial charge in [0.25, 0.3) is 0 Å². The third-order valence-corrected chi connectivity index (χ3v) is 6.43. The van der Waals surface area contributed by atoms with Gasteiger partial charge < -0.3 is 9.47 Å². The zero-order valence-corrected chi connectivity index (χ0v) is 15.4. The summed E-state index contributed by atoms with van der Waals surface area (Å²) in [4.78, 5) is 0.431. The van der Waals surface area contributed by atoms with Gasteiger partial charge in [-0.05, 0) is 54.7 Å². The zero-order valence-electron chi connectivity index (χ0n) is 14.6.